The number of nitrogens with one attached hydrogen (secondary N) is 3. The molecule has 0 saturated carbocycles. The van der Waals surface area contributed by atoms with Gasteiger partial charge < -0.3 is 24.8 Å². The Morgan fingerprint density at radius 2 is 1.86 bits per heavy atom. The zero-order valence-corrected chi connectivity index (χ0v) is 24.7. The summed E-state index contributed by atoms with van der Waals surface area (Å²) in [5.74, 6) is 0.353. The number of carbonyl (C=O) groups is 1. The van der Waals surface area contributed by atoms with Gasteiger partial charge in [-0.05, 0) is 70.2 Å². The zero-order chi connectivity index (χ0) is 30.8. The van der Waals surface area contributed by atoms with Crippen LogP contribution in [0.5, 0.6) is 5.75 Å². The molecule has 0 atom stereocenters. The van der Waals surface area contributed by atoms with Crippen molar-refractivity contribution in [3.63, 3.8) is 0 Å². The van der Waals surface area contributed by atoms with Crippen molar-refractivity contribution in [3.8, 4) is 39.7 Å². The molecule has 0 spiro atoms. The van der Waals surface area contributed by atoms with Crippen molar-refractivity contribution >= 4 is 33.8 Å². The highest BCUT2D eigenvalue weighted by atomic mass is 19.1. The smallest absolute Gasteiger partial charge is 0.238 e. The number of nitrogens with zero attached hydrogens (tertiary/aromatic N) is 7. The van der Waals surface area contributed by atoms with Crippen molar-refractivity contribution in [2.24, 2.45) is 0 Å². The Labute approximate surface area is 252 Å². The van der Waals surface area contributed by atoms with E-state index in [0.717, 1.165) is 11.1 Å². The highest BCUT2D eigenvalue weighted by molar-refractivity contribution is 5.95. The van der Waals surface area contributed by atoms with Crippen molar-refractivity contribution in [1.82, 2.24) is 44.9 Å². The summed E-state index contributed by atoms with van der Waals surface area (Å²) < 4.78 is 20.4. The highest BCUT2D eigenvalue weighted by Gasteiger charge is 2.18. The normalized spacial score (nSPS) is 11.6. The van der Waals surface area contributed by atoms with Crippen LogP contribution in [0, 0.1) is 5.82 Å². The summed E-state index contributed by atoms with van der Waals surface area (Å²) in [5, 5.41) is 10.4. The molecule has 1 amide bonds. The van der Waals surface area contributed by atoms with E-state index in [-0.39, 0.29) is 12.5 Å². The van der Waals surface area contributed by atoms with Gasteiger partial charge in [-0.1, -0.05) is 0 Å². The number of ether oxygens (including phenoxy) is 1. The Hall–Kier alpha value is -5.27. The lowest BCUT2D eigenvalue weighted by atomic mass is 10.1. The van der Waals surface area contributed by atoms with E-state index in [1.54, 1.807) is 35.6 Å². The molecule has 0 unspecified atom stereocenters. The van der Waals surface area contributed by atoms with Gasteiger partial charge in [-0.2, -0.15) is 5.10 Å². The number of aromatic nitrogens is 7. The van der Waals surface area contributed by atoms with Crippen molar-refractivity contribution in [2.45, 2.75) is 0 Å². The SMILES string of the molecule is CN(C)CCOc1cc(F)cc(-c2ccnc3nc(-c4n[nH]c5ccc(-c6cncc(NC(=O)CN(C)C)c6)nc45)[nH]c23)c1. The Bertz CT molecular complexity index is 1970. The maximum atomic E-state index is 14.6. The van der Waals surface area contributed by atoms with Gasteiger partial charge in [0.25, 0.3) is 0 Å². The standard InChI is InChI=1S/C31H31FN10O2/c1-41(2)9-10-44-22-13-18(11-20(32)14-22)23-7-8-34-30-27(23)37-31(38-30)29-28-25(39-40-29)6-5-24(36-28)19-12-21(16-33-15-19)35-26(43)17-42(3)4/h5-8,11-16H,9-10,17H2,1-4H3,(H,35,43)(H,39,40)(H,34,37,38). The van der Waals surface area contributed by atoms with Crippen molar-refractivity contribution in [3.05, 3.63) is 66.9 Å². The molecule has 0 saturated heterocycles. The van der Waals surface area contributed by atoms with Crippen LogP contribution < -0.4 is 10.1 Å². The van der Waals surface area contributed by atoms with Crippen LogP contribution in [-0.2, 0) is 4.79 Å². The topological polar surface area (TPSA) is 141 Å². The number of amides is 1. The summed E-state index contributed by atoms with van der Waals surface area (Å²) in [5.41, 5.74) is 6.18. The van der Waals surface area contributed by atoms with Crippen LogP contribution in [0.1, 0.15) is 0 Å². The number of hydrogen-bond acceptors (Lipinski definition) is 9. The Morgan fingerprint density at radius 1 is 1.00 bits per heavy atom. The maximum absolute atomic E-state index is 14.6. The molecule has 6 rings (SSSR count). The van der Waals surface area contributed by atoms with E-state index in [0.29, 0.717) is 69.6 Å². The number of carbonyl (C=O) groups excluding carboxylic acids is 1. The minimum Gasteiger partial charge on any atom is -0.492 e. The number of likely N-dealkylation sites (N-methyl/N-ethyl adjacent to an activating group) is 2. The van der Waals surface area contributed by atoms with E-state index in [1.165, 1.54) is 12.1 Å². The molecule has 0 aliphatic heterocycles. The second kappa shape index (κ2) is 12.1. The summed E-state index contributed by atoms with van der Waals surface area (Å²) in [4.78, 5) is 37.6. The predicted molar refractivity (Wildman–Crippen MR) is 167 cm³/mol. The fourth-order valence-corrected chi connectivity index (χ4v) is 4.77. The van der Waals surface area contributed by atoms with Crippen molar-refractivity contribution in [1.29, 1.82) is 0 Å². The molecule has 0 bridgehead atoms. The summed E-state index contributed by atoms with van der Waals surface area (Å²) in [6.45, 7) is 1.40. The quantitative estimate of drug-likeness (QED) is 0.213. The monoisotopic (exact) mass is 594 g/mol. The van der Waals surface area contributed by atoms with E-state index in [4.69, 9.17) is 14.7 Å². The zero-order valence-electron chi connectivity index (χ0n) is 24.7. The van der Waals surface area contributed by atoms with Crippen LogP contribution in [0.2, 0.25) is 0 Å². The second-order valence-corrected chi connectivity index (χ2v) is 10.9. The van der Waals surface area contributed by atoms with Gasteiger partial charge >= 0.3 is 0 Å². The van der Waals surface area contributed by atoms with E-state index in [9.17, 15) is 9.18 Å². The lowest BCUT2D eigenvalue weighted by Crippen LogP contribution is -2.27. The van der Waals surface area contributed by atoms with Gasteiger partial charge in [0.15, 0.2) is 17.2 Å². The minimum atomic E-state index is -0.405. The molecule has 13 heteroatoms. The summed E-state index contributed by atoms with van der Waals surface area (Å²) in [7, 11) is 7.56. The number of pyridine rings is 3. The van der Waals surface area contributed by atoms with Gasteiger partial charge in [-0.25, -0.2) is 19.3 Å². The molecule has 5 heterocycles. The van der Waals surface area contributed by atoms with E-state index >= 15 is 0 Å². The van der Waals surface area contributed by atoms with Gasteiger partial charge in [0, 0.05) is 36.1 Å². The second-order valence-electron chi connectivity index (χ2n) is 10.9. The molecule has 12 nitrogen and oxygen atoms in total. The number of rotatable bonds is 10. The van der Waals surface area contributed by atoms with Crippen LogP contribution in [0.15, 0.2) is 61.1 Å². The van der Waals surface area contributed by atoms with Gasteiger partial charge in [0.1, 0.15) is 23.7 Å². The molecule has 1 aromatic carbocycles. The molecule has 3 N–H and O–H groups in total. The Morgan fingerprint density at radius 3 is 2.68 bits per heavy atom. The molecule has 6 aromatic rings. The van der Waals surface area contributed by atoms with Gasteiger partial charge in [-0.3, -0.25) is 14.9 Å². The lowest BCUT2D eigenvalue weighted by Gasteiger charge is -2.12. The number of anilines is 1. The first-order chi connectivity index (χ1) is 21.2. The van der Waals surface area contributed by atoms with E-state index in [1.807, 2.05) is 51.3 Å². The largest absolute Gasteiger partial charge is 0.492 e. The lowest BCUT2D eigenvalue weighted by molar-refractivity contribution is -0.116. The third-order valence-corrected chi connectivity index (χ3v) is 6.79. The van der Waals surface area contributed by atoms with Crippen LogP contribution in [0.3, 0.4) is 0 Å². The summed E-state index contributed by atoms with van der Waals surface area (Å²) >= 11 is 0. The number of benzene rings is 1. The van der Waals surface area contributed by atoms with Gasteiger partial charge in [0.05, 0.1) is 35.2 Å². The number of fused-ring (bicyclic) bond motifs is 2. The third-order valence-electron chi connectivity index (χ3n) is 6.79. The molecule has 44 heavy (non-hydrogen) atoms. The van der Waals surface area contributed by atoms with Crippen LogP contribution in [0.25, 0.3) is 56.1 Å². The molecule has 0 aliphatic rings. The number of hydrogen-bond donors (Lipinski definition) is 3. The average molecular weight is 595 g/mol. The third kappa shape index (κ3) is 6.23. The minimum absolute atomic E-state index is 0.140. The van der Waals surface area contributed by atoms with Crippen molar-refractivity contribution in [2.75, 3.05) is 53.2 Å². The highest BCUT2D eigenvalue weighted by Crippen LogP contribution is 2.33. The Balaban J connectivity index is 1.33. The molecular weight excluding hydrogens is 563 g/mol. The van der Waals surface area contributed by atoms with Crippen molar-refractivity contribution < 1.29 is 13.9 Å². The summed E-state index contributed by atoms with van der Waals surface area (Å²) in [6.07, 6.45) is 4.91. The van der Waals surface area contributed by atoms with Gasteiger partial charge in [-0.15, -0.1) is 0 Å². The molecule has 0 radical (unpaired) electrons. The predicted octanol–water partition coefficient (Wildman–Crippen LogP) is 4.20. The van der Waals surface area contributed by atoms with Crippen LogP contribution in [-0.4, -0.2) is 98.7 Å². The number of aromatic amines is 2. The first kappa shape index (κ1) is 28.8. The molecule has 224 valence electrons. The number of imidazole rings is 1. The van der Waals surface area contributed by atoms with Crippen LogP contribution in [0.4, 0.5) is 10.1 Å². The van der Waals surface area contributed by atoms with E-state index in [2.05, 4.69) is 30.5 Å². The van der Waals surface area contributed by atoms with E-state index < -0.39 is 5.82 Å². The fraction of sp³-hybridized carbons (Fsp3) is 0.226. The molecule has 5 aromatic heterocycles. The maximum Gasteiger partial charge on any atom is 0.238 e. The van der Waals surface area contributed by atoms with Crippen LogP contribution >= 0.6 is 0 Å². The molecule has 0 aliphatic carbocycles. The summed E-state index contributed by atoms with van der Waals surface area (Å²) in [6, 6.07) is 12.0. The number of H-pyrrole nitrogens is 2. The fourth-order valence-electron chi connectivity index (χ4n) is 4.77. The number of halogens is 1. The molecular formula is C31H31FN10O2. The average Bonchev–Trinajstić information content (AvgIpc) is 3.60. The van der Waals surface area contributed by atoms with Gasteiger partial charge in [0.2, 0.25) is 5.91 Å². The molecule has 0 fully saturated rings. The first-order valence-electron chi connectivity index (χ1n) is 13.9. The first-order valence-corrected chi connectivity index (χ1v) is 13.9. The Kier molecular flexibility index (Phi) is 7.96.